The van der Waals surface area contributed by atoms with E-state index >= 15 is 0 Å². The topological polar surface area (TPSA) is 75.3 Å². The van der Waals surface area contributed by atoms with Crippen molar-refractivity contribution >= 4 is 33.3 Å². The van der Waals surface area contributed by atoms with Gasteiger partial charge in [0.2, 0.25) is 5.95 Å². The van der Waals surface area contributed by atoms with Crippen molar-refractivity contribution in [3.05, 3.63) is 10.9 Å². The minimum Gasteiger partial charge on any atom is -0.393 e. The van der Waals surface area contributed by atoms with Gasteiger partial charge in [0.05, 0.1) is 11.5 Å². The number of aryl methyl sites for hydroxylation is 1. The first-order valence-corrected chi connectivity index (χ1v) is 7.83. The summed E-state index contributed by atoms with van der Waals surface area (Å²) in [4.78, 5) is 13.2. The van der Waals surface area contributed by atoms with Gasteiger partial charge in [-0.05, 0) is 31.2 Å². The minimum absolute atomic E-state index is 0.114. The molecule has 20 heavy (non-hydrogen) atoms. The van der Waals surface area contributed by atoms with Crippen LogP contribution >= 0.6 is 11.3 Å². The average molecular weight is 292 g/mol. The molecule has 2 heterocycles. The maximum atomic E-state index is 9.39. The van der Waals surface area contributed by atoms with Crippen LogP contribution in [0, 0.1) is 5.92 Å². The number of nitrogens with zero attached hydrogens (tertiary/aromatic N) is 3. The molecule has 1 aliphatic rings. The maximum absolute atomic E-state index is 9.39. The summed E-state index contributed by atoms with van der Waals surface area (Å²) in [7, 11) is 2.04. The highest BCUT2D eigenvalue weighted by Gasteiger charge is 2.28. The lowest BCUT2D eigenvalue weighted by Crippen LogP contribution is -2.37. The number of nitrogens with two attached hydrogens (primary N) is 1. The van der Waals surface area contributed by atoms with Gasteiger partial charge in [-0.25, -0.2) is 4.98 Å². The zero-order valence-electron chi connectivity index (χ0n) is 11.8. The molecule has 0 unspecified atom stereocenters. The van der Waals surface area contributed by atoms with Crippen LogP contribution in [-0.4, -0.2) is 34.8 Å². The molecular formula is C14H20N4OS. The molecule has 3 rings (SSSR count). The monoisotopic (exact) mass is 292 g/mol. The third kappa shape index (κ3) is 2.45. The van der Waals surface area contributed by atoms with Crippen molar-refractivity contribution in [2.75, 3.05) is 24.2 Å². The first kappa shape index (κ1) is 13.6. The van der Waals surface area contributed by atoms with Crippen LogP contribution < -0.4 is 10.6 Å². The van der Waals surface area contributed by atoms with Crippen LogP contribution in [0.2, 0.25) is 0 Å². The van der Waals surface area contributed by atoms with Gasteiger partial charge < -0.3 is 15.7 Å². The zero-order valence-corrected chi connectivity index (χ0v) is 12.7. The van der Waals surface area contributed by atoms with Gasteiger partial charge in [0, 0.05) is 18.5 Å². The van der Waals surface area contributed by atoms with Gasteiger partial charge in [0.25, 0.3) is 0 Å². The Hall–Kier alpha value is -1.40. The molecule has 0 spiro atoms. The fourth-order valence-electron chi connectivity index (χ4n) is 2.76. The third-order valence-electron chi connectivity index (χ3n) is 3.89. The smallest absolute Gasteiger partial charge is 0.223 e. The van der Waals surface area contributed by atoms with E-state index in [1.54, 1.807) is 11.3 Å². The van der Waals surface area contributed by atoms with Crippen molar-refractivity contribution in [2.45, 2.75) is 32.3 Å². The predicted molar refractivity (Wildman–Crippen MR) is 83.2 cm³/mol. The lowest BCUT2D eigenvalue weighted by atomic mass is 9.82. The number of hydrogen-bond acceptors (Lipinski definition) is 6. The standard InChI is InChI=1S/C14H20N4OS/c1-3-10-6-11-12(16-14(15)17-13(11)20-10)18(2)7-8-4-9(19)5-8/h6,8-9,19H,3-5,7H2,1-2H3,(H2,15,16,17). The summed E-state index contributed by atoms with van der Waals surface area (Å²) in [6.45, 7) is 3.04. The van der Waals surface area contributed by atoms with Crippen LogP contribution in [0.15, 0.2) is 6.07 Å². The number of aliphatic hydroxyl groups is 1. The molecule has 1 fully saturated rings. The molecule has 1 saturated carbocycles. The number of fused-ring (bicyclic) bond motifs is 1. The molecule has 0 bridgehead atoms. The van der Waals surface area contributed by atoms with E-state index in [9.17, 15) is 5.11 Å². The Kier molecular flexibility index (Phi) is 3.52. The predicted octanol–water partition coefficient (Wildman–Crippen LogP) is 2.04. The fourth-order valence-corrected chi connectivity index (χ4v) is 3.73. The molecule has 2 aromatic heterocycles. The Morgan fingerprint density at radius 1 is 1.45 bits per heavy atom. The van der Waals surface area contributed by atoms with Gasteiger partial charge in [0.1, 0.15) is 10.6 Å². The summed E-state index contributed by atoms with van der Waals surface area (Å²) in [5, 5.41) is 10.5. The average Bonchev–Trinajstić information content (AvgIpc) is 2.78. The lowest BCUT2D eigenvalue weighted by molar-refractivity contribution is 0.0464. The first-order valence-electron chi connectivity index (χ1n) is 7.02. The van der Waals surface area contributed by atoms with Crippen LogP contribution in [0.5, 0.6) is 0 Å². The van der Waals surface area contributed by atoms with E-state index in [4.69, 9.17) is 5.73 Å². The molecule has 0 amide bonds. The van der Waals surface area contributed by atoms with E-state index in [1.165, 1.54) is 4.88 Å². The van der Waals surface area contributed by atoms with Crippen molar-refractivity contribution in [2.24, 2.45) is 5.92 Å². The number of rotatable bonds is 4. The van der Waals surface area contributed by atoms with Crippen LogP contribution in [0.4, 0.5) is 11.8 Å². The Morgan fingerprint density at radius 3 is 2.85 bits per heavy atom. The normalized spacial score (nSPS) is 21.9. The Balaban J connectivity index is 1.90. The van der Waals surface area contributed by atoms with Crippen molar-refractivity contribution in [3.63, 3.8) is 0 Å². The number of aliphatic hydroxyl groups excluding tert-OH is 1. The van der Waals surface area contributed by atoms with E-state index < -0.39 is 0 Å². The number of aromatic nitrogens is 2. The van der Waals surface area contributed by atoms with E-state index in [0.717, 1.165) is 41.8 Å². The van der Waals surface area contributed by atoms with Crippen molar-refractivity contribution in [3.8, 4) is 0 Å². The van der Waals surface area contributed by atoms with Gasteiger partial charge in [-0.3, -0.25) is 0 Å². The quantitative estimate of drug-likeness (QED) is 0.902. The first-order chi connectivity index (χ1) is 9.56. The summed E-state index contributed by atoms with van der Waals surface area (Å²) in [6, 6.07) is 2.17. The molecule has 5 nitrogen and oxygen atoms in total. The zero-order chi connectivity index (χ0) is 14.3. The van der Waals surface area contributed by atoms with E-state index in [-0.39, 0.29) is 6.10 Å². The molecule has 3 N–H and O–H groups in total. The molecule has 0 atom stereocenters. The van der Waals surface area contributed by atoms with E-state index in [1.807, 2.05) is 7.05 Å². The molecule has 0 aliphatic heterocycles. The molecule has 108 valence electrons. The molecule has 0 radical (unpaired) electrons. The Morgan fingerprint density at radius 2 is 2.20 bits per heavy atom. The number of nitrogen functional groups attached to an aromatic ring is 1. The molecule has 6 heteroatoms. The minimum atomic E-state index is -0.114. The van der Waals surface area contributed by atoms with Gasteiger partial charge in [0.15, 0.2) is 0 Å². The number of anilines is 2. The molecular weight excluding hydrogens is 272 g/mol. The highest BCUT2D eigenvalue weighted by molar-refractivity contribution is 7.18. The summed E-state index contributed by atoms with van der Waals surface area (Å²) < 4.78 is 0. The molecule has 0 aromatic carbocycles. The van der Waals surface area contributed by atoms with Crippen molar-refractivity contribution in [1.29, 1.82) is 0 Å². The summed E-state index contributed by atoms with van der Waals surface area (Å²) in [5.74, 6) is 1.79. The highest BCUT2D eigenvalue weighted by Crippen LogP contribution is 2.34. The second kappa shape index (κ2) is 5.18. The van der Waals surface area contributed by atoms with E-state index in [2.05, 4.69) is 27.9 Å². The van der Waals surface area contributed by atoms with Crippen LogP contribution in [0.25, 0.3) is 10.2 Å². The summed E-state index contributed by atoms with van der Waals surface area (Å²) >= 11 is 1.68. The summed E-state index contributed by atoms with van der Waals surface area (Å²) in [6.07, 6.45) is 2.66. The van der Waals surface area contributed by atoms with Crippen LogP contribution in [-0.2, 0) is 6.42 Å². The molecule has 2 aromatic rings. The van der Waals surface area contributed by atoms with Gasteiger partial charge in [-0.15, -0.1) is 11.3 Å². The third-order valence-corrected chi connectivity index (χ3v) is 5.07. The van der Waals surface area contributed by atoms with Gasteiger partial charge in [-0.1, -0.05) is 6.92 Å². The molecule has 1 aliphatic carbocycles. The lowest BCUT2D eigenvalue weighted by Gasteiger charge is -2.34. The maximum Gasteiger partial charge on any atom is 0.223 e. The Labute approximate surface area is 122 Å². The van der Waals surface area contributed by atoms with Crippen molar-refractivity contribution < 1.29 is 5.11 Å². The second-order valence-electron chi connectivity index (χ2n) is 5.56. The number of hydrogen-bond donors (Lipinski definition) is 2. The number of thiophene rings is 1. The highest BCUT2D eigenvalue weighted by atomic mass is 32.1. The van der Waals surface area contributed by atoms with Gasteiger partial charge >= 0.3 is 0 Å². The molecule has 0 saturated heterocycles. The van der Waals surface area contributed by atoms with Gasteiger partial charge in [-0.2, -0.15) is 4.98 Å². The second-order valence-corrected chi connectivity index (χ2v) is 6.68. The van der Waals surface area contributed by atoms with Crippen LogP contribution in [0.1, 0.15) is 24.6 Å². The SMILES string of the molecule is CCc1cc2c(N(C)CC3CC(O)C3)nc(N)nc2s1. The van der Waals surface area contributed by atoms with Crippen molar-refractivity contribution in [1.82, 2.24) is 9.97 Å². The summed E-state index contributed by atoms with van der Waals surface area (Å²) in [5.41, 5.74) is 5.83. The fraction of sp³-hybridized carbons (Fsp3) is 0.571. The van der Waals surface area contributed by atoms with Crippen LogP contribution in [0.3, 0.4) is 0 Å². The Bertz CT molecular complexity index is 621. The largest absolute Gasteiger partial charge is 0.393 e. The van der Waals surface area contributed by atoms with E-state index in [0.29, 0.717) is 11.9 Å².